The Bertz CT molecular complexity index is 249. The van der Waals surface area contributed by atoms with Crippen molar-refractivity contribution in [1.29, 1.82) is 0 Å². The number of thioether (sulfide) groups is 1. The zero-order chi connectivity index (χ0) is 13.3. The van der Waals surface area contributed by atoms with Crippen molar-refractivity contribution in [2.45, 2.75) is 32.7 Å². The molecule has 5 nitrogen and oxygen atoms in total. The number of urea groups is 1. The van der Waals surface area contributed by atoms with Crippen LogP contribution in [0.4, 0.5) is 4.79 Å². The molecule has 2 unspecified atom stereocenters. The minimum Gasteiger partial charge on any atom is -0.481 e. The van der Waals surface area contributed by atoms with E-state index in [4.69, 9.17) is 5.11 Å². The van der Waals surface area contributed by atoms with Crippen molar-refractivity contribution in [1.82, 2.24) is 10.6 Å². The highest BCUT2D eigenvalue weighted by atomic mass is 32.2. The van der Waals surface area contributed by atoms with Gasteiger partial charge in [0.15, 0.2) is 0 Å². The van der Waals surface area contributed by atoms with Gasteiger partial charge in [-0.2, -0.15) is 11.8 Å². The van der Waals surface area contributed by atoms with Gasteiger partial charge in [-0.05, 0) is 25.5 Å². The van der Waals surface area contributed by atoms with Gasteiger partial charge in [-0.3, -0.25) is 4.79 Å². The average molecular weight is 262 g/mol. The van der Waals surface area contributed by atoms with Gasteiger partial charge in [0.25, 0.3) is 0 Å². The summed E-state index contributed by atoms with van der Waals surface area (Å²) < 4.78 is 0. The molecule has 0 fully saturated rings. The Morgan fingerprint density at radius 3 is 2.53 bits per heavy atom. The van der Waals surface area contributed by atoms with Gasteiger partial charge in [0, 0.05) is 24.8 Å². The average Bonchev–Trinajstić information content (AvgIpc) is 2.23. The predicted molar refractivity (Wildman–Crippen MR) is 70.4 cm³/mol. The van der Waals surface area contributed by atoms with Gasteiger partial charge in [0.05, 0.1) is 0 Å². The van der Waals surface area contributed by atoms with Crippen LogP contribution in [0.2, 0.25) is 0 Å². The van der Waals surface area contributed by atoms with E-state index in [2.05, 4.69) is 10.6 Å². The fourth-order valence-electron chi connectivity index (χ4n) is 1.31. The number of carbonyl (C=O) groups excluding carboxylic acids is 1. The standard InChI is InChI=1S/C11H22N2O3S/c1-8(4-5-10(14)15)6-12-11(16)13-9(2)7-17-3/h8-9H,4-7H2,1-3H3,(H,14,15)(H2,12,13,16). The van der Waals surface area contributed by atoms with Crippen LogP contribution in [0.1, 0.15) is 26.7 Å². The molecule has 0 spiro atoms. The Hall–Kier alpha value is -0.910. The topological polar surface area (TPSA) is 78.4 Å². The largest absolute Gasteiger partial charge is 0.481 e. The van der Waals surface area contributed by atoms with Crippen molar-refractivity contribution in [3.63, 3.8) is 0 Å². The number of carbonyl (C=O) groups is 2. The molecule has 0 aromatic rings. The molecule has 2 amide bonds. The van der Waals surface area contributed by atoms with Crippen molar-refractivity contribution in [2.75, 3.05) is 18.6 Å². The summed E-state index contributed by atoms with van der Waals surface area (Å²) >= 11 is 1.68. The number of carboxylic acid groups (broad SMARTS) is 1. The lowest BCUT2D eigenvalue weighted by atomic mass is 10.1. The van der Waals surface area contributed by atoms with E-state index in [0.29, 0.717) is 13.0 Å². The van der Waals surface area contributed by atoms with Crippen molar-refractivity contribution >= 4 is 23.8 Å². The Kier molecular flexibility index (Phi) is 8.66. The van der Waals surface area contributed by atoms with Gasteiger partial charge in [0.2, 0.25) is 0 Å². The van der Waals surface area contributed by atoms with Crippen molar-refractivity contribution < 1.29 is 14.7 Å². The molecule has 0 saturated heterocycles. The minimum atomic E-state index is -0.796. The first-order valence-corrected chi connectivity index (χ1v) is 7.10. The summed E-state index contributed by atoms with van der Waals surface area (Å²) in [7, 11) is 0. The highest BCUT2D eigenvalue weighted by Gasteiger charge is 2.09. The second-order valence-corrected chi connectivity index (χ2v) is 5.16. The third-order valence-electron chi connectivity index (χ3n) is 2.26. The maximum absolute atomic E-state index is 11.4. The number of carboxylic acids is 1. The zero-order valence-electron chi connectivity index (χ0n) is 10.7. The molecule has 3 N–H and O–H groups in total. The number of hydrogen-bond acceptors (Lipinski definition) is 3. The van der Waals surface area contributed by atoms with E-state index in [1.807, 2.05) is 20.1 Å². The molecule has 0 rings (SSSR count). The van der Waals surface area contributed by atoms with Crippen molar-refractivity contribution in [3.8, 4) is 0 Å². The van der Waals surface area contributed by atoms with Gasteiger partial charge in [-0.1, -0.05) is 6.92 Å². The first-order chi connectivity index (χ1) is 7.95. The van der Waals surface area contributed by atoms with Crippen LogP contribution in [0.15, 0.2) is 0 Å². The molecule has 6 heteroatoms. The highest BCUT2D eigenvalue weighted by Crippen LogP contribution is 2.03. The molecular formula is C11H22N2O3S. The summed E-state index contributed by atoms with van der Waals surface area (Å²) in [5.41, 5.74) is 0. The predicted octanol–water partition coefficient (Wildman–Crippen LogP) is 1.54. The van der Waals surface area contributed by atoms with Crippen molar-refractivity contribution in [2.24, 2.45) is 5.92 Å². The van der Waals surface area contributed by atoms with Gasteiger partial charge < -0.3 is 15.7 Å². The molecule has 0 bridgehead atoms. The monoisotopic (exact) mass is 262 g/mol. The molecule has 100 valence electrons. The molecule has 0 radical (unpaired) electrons. The normalized spacial score (nSPS) is 13.8. The SMILES string of the molecule is CSCC(C)NC(=O)NCC(C)CCC(=O)O. The van der Waals surface area contributed by atoms with E-state index >= 15 is 0 Å². The molecule has 0 aliphatic rings. The second kappa shape index (κ2) is 9.15. The molecule has 0 aliphatic carbocycles. The maximum atomic E-state index is 11.4. The molecule has 0 aliphatic heterocycles. The van der Waals surface area contributed by atoms with Crippen LogP contribution >= 0.6 is 11.8 Å². The van der Waals surface area contributed by atoms with Crippen LogP contribution in [0.5, 0.6) is 0 Å². The number of nitrogens with one attached hydrogen (secondary N) is 2. The molecule has 0 heterocycles. The van der Waals surface area contributed by atoms with E-state index in [0.717, 1.165) is 5.75 Å². The highest BCUT2D eigenvalue weighted by molar-refractivity contribution is 7.98. The lowest BCUT2D eigenvalue weighted by Gasteiger charge is -2.15. The summed E-state index contributed by atoms with van der Waals surface area (Å²) in [6, 6.07) is -0.0481. The van der Waals surface area contributed by atoms with E-state index in [-0.39, 0.29) is 24.4 Å². The number of aliphatic carboxylic acids is 1. The molecule has 0 aromatic heterocycles. The van der Waals surface area contributed by atoms with E-state index in [1.165, 1.54) is 0 Å². The third kappa shape index (κ3) is 9.99. The number of rotatable bonds is 8. The summed E-state index contributed by atoms with van der Waals surface area (Å²) in [6.45, 7) is 4.38. The number of amides is 2. The van der Waals surface area contributed by atoms with Crippen LogP contribution in [0, 0.1) is 5.92 Å². The van der Waals surface area contributed by atoms with Gasteiger partial charge in [0.1, 0.15) is 0 Å². The van der Waals surface area contributed by atoms with Crippen molar-refractivity contribution in [3.05, 3.63) is 0 Å². The quantitative estimate of drug-likeness (QED) is 0.620. The first kappa shape index (κ1) is 16.1. The van der Waals surface area contributed by atoms with E-state index in [9.17, 15) is 9.59 Å². The Morgan fingerprint density at radius 1 is 1.35 bits per heavy atom. The lowest BCUT2D eigenvalue weighted by Crippen LogP contribution is -2.43. The zero-order valence-corrected chi connectivity index (χ0v) is 11.5. The van der Waals surface area contributed by atoms with Gasteiger partial charge >= 0.3 is 12.0 Å². The molecule has 2 atom stereocenters. The van der Waals surface area contributed by atoms with E-state index in [1.54, 1.807) is 11.8 Å². The molecular weight excluding hydrogens is 240 g/mol. The minimum absolute atomic E-state index is 0.138. The maximum Gasteiger partial charge on any atom is 0.315 e. The summed E-state index contributed by atoms with van der Waals surface area (Å²) in [5.74, 6) is 0.254. The lowest BCUT2D eigenvalue weighted by molar-refractivity contribution is -0.137. The van der Waals surface area contributed by atoms with Gasteiger partial charge in [-0.15, -0.1) is 0 Å². The fourth-order valence-corrected chi connectivity index (χ4v) is 1.89. The first-order valence-electron chi connectivity index (χ1n) is 5.70. The fraction of sp³-hybridized carbons (Fsp3) is 0.818. The summed E-state index contributed by atoms with van der Waals surface area (Å²) in [4.78, 5) is 21.8. The molecule has 17 heavy (non-hydrogen) atoms. The third-order valence-corrected chi connectivity index (χ3v) is 3.09. The Balaban J connectivity index is 3.65. The molecule has 0 saturated carbocycles. The second-order valence-electron chi connectivity index (χ2n) is 4.25. The Labute approximate surface area is 107 Å². The van der Waals surface area contributed by atoms with Crippen LogP contribution in [-0.4, -0.2) is 41.7 Å². The van der Waals surface area contributed by atoms with Gasteiger partial charge in [-0.25, -0.2) is 4.79 Å². The molecule has 0 aromatic carbocycles. The smallest absolute Gasteiger partial charge is 0.315 e. The summed E-state index contributed by atoms with van der Waals surface area (Å²) in [5, 5.41) is 14.1. The van der Waals surface area contributed by atoms with Crippen LogP contribution in [-0.2, 0) is 4.79 Å². The van der Waals surface area contributed by atoms with Crippen LogP contribution in [0.25, 0.3) is 0 Å². The van der Waals surface area contributed by atoms with Crippen LogP contribution in [0.3, 0.4) is 0 Å². The summed E-state index contributed by atoms with van der Waals surface area (Å²) in [6.07, 6.45) is 2.72. The van der Waals surface area contributed by atoms with Crippen LogP contribution < -0.4 is 10.6 Å². The number of hydrogen-bond donors (Lipinski definition) is 3. The Morgan fingerprint density at radius 2 is 2.00 bits per heavy atom. The van der Waals surface area contributed by atoms with E-state index < -0.39 is 5.97 Å².